The highest BCUT2D eigenvalue weighted by atomic mass is 14.9. The number of hydrogen-bond donors (Lipinski definition) is 3. The minimum atomic E-state index is 0.239. The SMILES string of the molecule is C=C(N)/N=C(\C=C/C)c1c[nH]c2nccc(C#CN)c12. The van der Waals surface area contributed by atoms with Crippen molar-refractivity contribution in [3.8, 4) is 12.0 Å². The van der Waals surface area contributed by atoms with Gasteiger partial charge in [0, 0.05) is 35.0 Å². The molecular formula is C15H15N5. The average molecular weight is 265 g/mol. The molecule has 0 amide bonds. The lowest BCUT2D eigenvalue weighted by atomic mass is 10.1. The third-order valence-electron chi connectivity index (χ3n) is 2.64. The molecule has 0 bridgehead atoms. The largest absolute Gasteiger partial charge is 0.384 e. The van der Waals surface area contributed by atoms with Crippen molar-refractivity contribution in [1.82, 2.24) is 9.97 Å². The van der Waals surface area contributed by atoms with E-state index in [1.165, 1.54) is 0 Å². The van der Waals surface area contributed by atoms with Gasteiger partial charge >= 0.3 is 0 Å². The van der Waals surface area contributed by atoms with E-state index in [0.717, 1.165) is 22.2 Å². The van der Waals surface area contributed by atoms with Crippen LogP contribution >= 0.6 is 0 Å². The predicted molar refractivity (Wildman–Crippen MR) is 81.8 cm³/mol. The van der Waals surface area contributed by atoms with Crippen molar-refractivity contribution in [3.63, 3.8) is 0 Å². The maximum atomic E-state index is 5.58. The number of nitrogens with one attached hydrogen (secondary N) is 1. The molecule has 0 unspecified atom stereocenters. The van der Waals surface area contributed by atoms with Gasteiger partial charge in [-0.2, -0.15) is 0 Å². The molecule has 0 saturated heterocycles. The van der Waals surface area contributed by atoms with E-state index >= 15 is 0 Å². The second kappa shape index (κ2) is 5.76. The molecule has 2 heterocycles. The summed E-state index contributed by atoms with van der Waals surface area (Å²) in [6.07, 6.45) is 7.23. The van der Waals surface area contributed by atoms with Gasteiger partial charge in [-0.25, -0.2) is 9.98 Å². The first-order chi connectivity index (χ1) is 9.67. The third kappa shape index (κ3) is 2.54. The van der Waals surface area contributed by atoms with E-state index in [2.05, 4.69) is 33.5 Å². The number of pyridine rings is 1. The zero-order valence-electron chi connectivity index (χ0n) is 11.1. The monoisotopic (exact) mass is 265 g/mol. The highest BCUT2D eigenvalue weighted by Gasteiger charge is 2.12. The Morgan fingerprint density at radius 2 is 2.35 bits per heavy atom. The molecule has 2 rings (SSSR count). The zero-order valence-corrected chi connectivity index (χ0v) is 11.1. The van der Waals surface area contributed by atoms with E-state index < -0.39 is 0 Å². The molecule has 20 heavy (non-hydrogen) atoms. The van der Waals surface area contributed by atoms with Crippen LogP contribution in [0.15, 0.2) is 48.0 Å². The summed E-state index contributed by atoms with van der Waals surface area (Å²) in [5.74, 6) is 3.10. The first-order valence-electron chi connectivity index (χ1n) is 6.01. The van der Waals surface area contributed by atoms with E-state index in [1.54, 1.807) is 6.20 Å². The van der Waals surface area contributed by atoms with Crippen molar-refractivity contribution in [2.45, 2.75) is 6.92 Å². The van der Waals surface area contributed by atoms with Crippen LogP contribution in [0.2, 0.25) is 0 Å². The van der Waals surface area contributed by atoms with E-state index in [4.69, 9.17) is 11.5 Å². The lowest BCUT2D eigenvalue weighted by Crippen LogP contribution is -2.01. The normalized spacial score (nSPS) is 11.6. The van der Waals surface area contributed by atoms with Crippen LogP contribution in [0.25, 0.3) is 11.0 Å². The summed E-state index contributed by atoms with van der Waals surface area (Å²) < 4.78 is 0. The van der Waals surface area contributed by atoms with Gasteiger partial charge in [0.05, 0.1) is 5.71 Å². The van der Waals surface area contributed by atoms with Crippen molar-refractivity contribution in [1.29, 1.82) is 0 Å². The van der Waals surface area contributed by atoms with E-state index in [1.807, 2.05) is 31.3 Å². The fourth-order valence-corrected chi connectivity index (χ4v) is 1.94. The molecule has 0 radical (unpaired) electrons. The summed E-state index contributed by atoms with van der Waals surface area (Å²) in [6, 6.07) is 4.22. The molecule has 5 heteroatoms. The first-order valence-corrected chi connectivity index (χ1v) is 6.01. The van der Waals surface area contributed by atoms with Gasteiger partial charge in [-0.1, -0.05) is 12.7 Å². The fourth-order valence-electron chi connectivity index (χ4n) is 1.94. The number of nitrogens with two attached hydrogens (primary N) is 2. The number of aliphatic imine (C=N–C) groups is 1. The van der Waals surface area contributed by atoms with Gasteiger partial charge in [0.25, 0.3) is 0 Å². The average Bonchev–Trinajstić information content (AvgIpc) is 2.83. The molecule has 0 atom stereocenters. The Labute approximate surface area is 117 Å². The minimum absolute atomic E-state index is 0.239. The summed E-state index contributed by atoms with van der Waals surface area (Å²) in [7, 11) is 0. The molecule has 100 valence electrons. The number of allylic oxidation sites excluding steroid dienone is 2. The van der Waals surface area contributed by atoms with Gasteiger partial charge in [-0.05, 0) is 25.0 Å². The fraction of sp³-hybridized carbons (Fsp3) is 0.0667. The third-order valence-corrected chi connectivity index (χ3v) is 2.64. The number of aromatic nitrogens is 2. The van der Waals surface area contributed by atoms with Crippen LogP contribution in [0.3, 0.4) is 0 Å². The molecule has 0 aliphatic carbocycles. The standard InChI is InChI=1S/C15H15N5/c1-3-4-13(20-10(2)17)12-9-19-15-14(12)11(5-7-16)6-8-18-15/h3-4,6,8-9H,2,16-17H2,1H3,(H,18,19)/b4-3-,20-13+. The van der Waals surface area contributed by atoms with Crippen LogP contribution in [-0.4, -0.2) is 15.7 Å². The predicted octanol–water partition coefficient (Wildman–Crippen LogP) is 1.63. The smallest absolute Gasteiger partial charge is 0.139 e. The summed E-state index contributed by atoms with van der Waals surface area (Å²) in [5, 5.41) is 0.864. The summed E-state index contributed by atoms with van der Waals surface area (Å²) >= 11 is 0. The Morgan fingerprint density at radius 1 is 1.55 bits per heavy atom. The Bertz CT molecular complexity index is 768. The van der Waals surface area contributed by atoms with Gasteiger partial charge in [0.1, 0.15) is 11.5 Å². The van der Waals surface area contributed by atoms with Crippen molar-refractivity contribution < 1.29 is 0 Å². The molecule has 0 aromatic carbocycles. The van der Waals surface area contributed by atoms with E-state index in [-0.39, 0.29) is 5.82 Å². The van der Waals surface area contributed by atoms with Crippen LogP contribution in [0.5, 0.6) is 0 Å². The van der Waals surface area contributed by atoms with Gasteiger partial charge < -0.3 is 16.5 Å². The lowest BCUT2D eigenvalue weighted by Gasteiger charge is -2.02. The van der Waals surface area contributed by atoms with Crippen LogP contribution < -0.4 is 11.5 Å². The quantitative estimate of drug-likeness (QED) is 0.447. The van der Waals surface area contributed by atoms with E-state index in [9.17, 15) is 0 Å². The second-order valence-corrected chi connectivity index (χ2v) is 4.04. The van der Waals surface area contributed by atoms with Crippen LogP contribution in [0.1, 0.15) is 18.1 Å². The Morgan fingerprint density at radius 3 is 3.00 bits per heavy atom. The summed E-state index contributed by atoms with van der Waals surface area (Å²) in [6.45, 7) is 5.51. The molecule has 0 fully saturated rings. The van der Waals surface area contributed by atoms with Crippen LogP contribution in [-0.2, 0) is 0 Å². The first kappa shape index (κ1) is 13.4. The van der Waals surface area contributed by atoms with Gasteiger partial charge in [-0.3, -0.25) is 0 Å². The Hall–Kier alpha value is -3.00. The van der Waals surface area contributed by atoms with Crippen molar-refractivity contribution in [2.75, 3.05) is 0 Å². The maximum absolute atomic E-state index is 5.58. The summed E-state index contributed by atoms with van der Waals surface area (Å²) in [4.78, 5) is 11.6. The molecule has 0 spiro atoms. The minimum Gasteiger partial charge on any atom is -0.384 e. The molecule has 2 aromatic heterocycles. The number of H-pyrrole nitrogens is 1. The molecular weight excluding hydrogens is 250 g/mol. The number of nitrogens with zero attached hydrogens (tertiary/aromatic N) is 2. The summed E-state index contributed by atoms with van der Waals surface area (Å²) in [5.41, 5.74) is 14.0. The molecule has 0 saturated carbocycles. The second-order valence-electron chi connectivity index (χ2n) is 4.04. The number of hydrogen-bond acceptors (Lipinski definition) is 4. The van der Waals surface area contributed by atoms with Crippen molar-refractivity contribution >= 4 is 16.7 Å². The Balaban J connectivity index is 2.75. The highest BCUT2D eigenvalue weighted by Crippen LogP contribution is 2.22. The number of aromatic amines is 1. The highest BCUT2D eigenvalue weighted by molar-refractivity contribution is 6.17. The molecule has 0 aliphatic rings. The topological polar surface area (TPSA) is 93.1 Å². The number of fused-ring (bicyclic) bond motifs is 1. The van der Waals surface area contributed by atoms with Crippen LogP contribution in [0.4, 0.5) is 0 Å². The van der Waals surface area contributed by atoms with Gasteiger partial charge in [0.2, 0.25) is 0 Å². The van der Waals surface area contributed by atoms with E-state index in [0.29, 0.717) is 5.71 Å². The Kier molecular flexibility index (Phi) is 3.87. The zero-order chi connectivity index (χ0) is 14.5. The number of rotatable bonds is 3. The van der Waals surface area contributed by atoms with Gasteiger partial charge in [-0.15, -0.1) is 0 Å². The molecule has 0 aliphatic heterocycles. The van der Waals surface area contributed by atoms with Crippen LogP contribution in [0, 0.1) is 12.0 Å². The molecule has 5 nitrogen and oxygen atoms in total. The molecule has 2 aromatic rings. The van der Waals surface area contributed by atoms with Gasteiger partial charge in [0.15, 0.2) is 0 Å². The maximum Gasteiger partial charge on any atom is 0.139 e. The van der Waals surface area contributed by atoms with Crippen molar-refractivity contribution in [2.24, 2.45) is 16.5 Å². The molecule has 5 N–H and O–H groups in total. The van der Waals surface area contributed by atoms with Crippen molar-refractivity contribution in [3.05, 3.63) is 54.1 Å². The lowest BCUT2D eigenvalue weighted by molar-refractivity contribution is 1.26.